The number of hydrogen-bond acceptors (Lipinski definition) is 6. The van der Waals surface area contributed by atoms with Crippen molar-refractivity contribution in [2.45, 2.75) is 19.0 Å². The minimum absolute atomic E-state index is 0.0709. The third-order valence-electron chi connectivity index (χ3n) is 6.33. The number of amides is 1. The van der Waals surface area contributed by atoms with E-state index >= 15 is 0 Å². The molecule has 1 aliphatic rings. The molecule has 1 fully saturated rings. The van der Waals surface area contributed by atoms with Gasteiger partial charge in [0, 0.05) is 37.1 Å². The lowest BCUT2D eigenvalue weighted by Gasteiger charge is -2.29. The van der Waals surface area contributed by atoms with Gasteiger partial charge in [-0.1, -0.05) is 12.1 Å². The predicted molar refractivity (Wildman–Crippen MR) is 150 cm³/mol. The standard InChI is InChI=1S/C28H28N6O3S/c1-18-9-12-24(30-16-18)33-14-6-8-22(33)27-26(20-7-4-5-13-29-20)32-28(38)34(27)19-10-11-23(37-3)21(15-19)31-25(35)17-36-2/h4-16,26-27H,17H2,1-3H3,(H,31,35)(H,32,38)/t26-,27-/m1/s1. The van der Waals surface area contributed by atoms with E-state index in [1.54, 1.807) is 13.3 Å². The van der Waals surface area contributed by atoms with Crippen LogP contribution in [-0.2, 0) is 9.53 Å². The number of nitrogens with zero attached hydrogens (tertiary/aromatic N) is 4. The summed E-state index contributed by atoms with van der Waals surface area (Å²) >= 11 is 5.89. The first-order valence-corrected chi connectivity index (χ1v) is 12.5. The Bertz CT molecular complexity index is 1440. The molecule has 1 amide bonds. The number of ether oxygens (including phenoxy) is 2. The monoisotopic (exact) mass is 528 g/mol. The van der Waals surface area contributed by atoms with Gasteiger partial charge in [-0.3, -0.25) is 9.78 Å². The van der Waals surface area contributed by atoms with Crippen molar-refractivity contribution in [2.24, 2.45) is 0 Å². The first-order valence-electron chi connectivity index (χ1n) is 12.1. The van der Waals surface area contributed by atoms with E-state index in [0.29, 0.717) is 16.5 Å². The van der Waals surface area contributed by atoms with Crippen molar-refractivity contribution >= 4 is 34.6 Å². The van der Waals surface area contributed by atoms with Crippen LogP contribution in [0.1, 0.15) is 29.0 Å². The van der Waals surface area contributed by atoms with Gasteiger partial charge in [0.15, 0.2) is 5.11 Å². The van der Waals surface area contributed by atoms with Gasteiger partial charge in [-0.2, -0.15) is 0 Å². The zero-order valence-corrected chi connectivity index (χ0v) is 22.1. The number of nitrogens with one attached hydrogen (secondary N) is 2. The summed E-state index contributed by atoms with van der Waals surface area (Å²) in [6.45, 7) is 1.94. The smallest absolute Gasteiger partial charge is 0.250 e. The number of aryl methyl sites for hydroxylation is 1. The molecule has 0 unspecified atom stereocenters. The van der Waals surface area contributed by atoms with Crippen LogP contribution in [0.25, 0.3) is 5.82 Å². The number of carbonyl (C=O) groups is 1. The number of benzene rings is 1. The molecule has 0 bridgehead atoms. The highest BCUT2D eigenvalue weighted by Crippen LogP contribution is 2.43. The average Bonchev–Trinajstić information content (AvgIpc) is 3.54. The zero-order valence-electron chi connectivity index (χ0n) is 21.3. The molecular formula is C28H28N6O3S. The van der Waals surface area contributed by atoms with E-state index in [-0.39, 0.29) is 24.6 Å². The molecule has 2 N–H and O–H groups in total. The van der Waals surface area contributed by atoms with Crippen molar-refractivity contribution < 1.29 is 14.3 Å². The van der Waals surface area contributed by atoms with E-state index in [2.05, 4.69) is 31.2 Å². The molecule has 0 saturated carbocycles. The summed E-state index contributed by atoms with van der Waals surface area (Å²) in [6, 6.07) is 19.0. The van der Waals surface area contributed by atoms with Crippen LogP contribution in [0.4, 0.5) is 11.4 Å². The maximum atomic E-state index is 12.3. The summed E-state index contributed by atoms with van der Waals surface area (Å²) in [5, 5.41) is 6.88. The second-order valence-electron chi connectivity index (χ2n) is 8.86. The molecular weight excluding hydrogens is 500 g/mol. The van der Waals surface area contributed by atoms with Crippen molar-refractivity contribution in [2.75, 3.05) is 31.0 Å². The number of thiocarbonyl (C=S) groups is 1. The minimum Gasteiger partial charge on any atom is -0.495 e. The van der Waals surface area contributed by atoms with Gasteiger partial charge in [-0.05, 0) is 73.2 Å². The van der Waals surface area contributed by atoms with Crippen molar-refractivity contribution in [3.63, 3.8) is 0 Å². The molecule has 4 heterocycles. The van der Waals surface area contributed by atoms with Gasteiger partial charge in [0.1, 0.15) is 24.2 Å². The highest BCUT2D eigenvalue weighted by Gasteiger charge is 2.42. The molecule has 1 saturated heterocycles. The quantitative estimate of drug-likeness (QED) is 0.326. The molecule has 10 heteroatoms. The number of carbonyl (C=O) groups excluding carboxylic acids is 1. The third-order valence-corrected chi connectivity index (χ3v) is 6.65. The molecule has 0 radical (unpaired) electrons. The molecule has 5 rings (SSSR count). The Balaban J connectivity index is 1.62. The Morgan fingerprint density at radius 2 is 1.97 bits per heavy atom. The second-order valence-corrected chi connectivity index (χ2v) is 9.25. The predicted octanol–water partition coefficient (Wildman–Crippen LogP) is 4.35. The fourth-order valence-electron chi connectivity index (χ4n) is 4.64. The van der Waals surface area contributed by atoms with Gasteiger partial charge in [0.25, 0.3) is 0 Å². The maximum absolute atomic E-state index is 12.3. The molecule has 2 atom stereocenters. The number of methoxy groups -OCH3 is 2. The van der Waals surface area contributed by atoms with Gasteiger partial charge >= 0.3 is 0 Å². The molecule has 38 heavy (non-hydrogen) atoms. The van der Waals surface area contributed by atoms with E-state index in [1.807, 2.05) is 78.8 Å². The Kier molecular flexibility index (Phi) is 7.34. The zero-order chi connectivity index (χ0) is 26.6. The van der Waals surface area contributed by atoms with Crippen molar-refractivity contribution in [1.82, 2.24) is 19.9 Å². The van der Waals surface area contributed by atoms with E-state index in [4.69, 9.17) is 21.7 Å². The number of anilines is 2. The number of pyridine rings is 2. The van der Waals surface area contributed by atoms with E-state index in [9.17, 15) is 4.79 Å². The lowest BCUT2D eigenvalue weighted by molar-refractivity contribution is -0.119. The summed E-state index contributed by atoms with van der Waals surface area (Å²) in [5.74, 6) is 1.05. The highest BCUT2D eigenvalue weighted by atomic mass is 32.1. The SMILES string of the molecule is COCC(=O)Nc1cc(N2C(=S)N[C@H](c3ccccn3)[C@H]2c2cccn2-c2ccc(C)cn2)ccc1OC. The number of rotatable bonds is 8. The first kappa shape index (κ1) is 25.4. The van der Waals surface area contributed by atoms with Gasteiger partial charge in [-0.25, -0.2) is 4.98 Å². The Hall–Kier alpha value is -4.28. The van der Waals surface area contributed by atoms with Crippen LogP contribution in [0.5, 0.6) is 5.75 Å². The summed E-state index contributed by atoms with van der Waals surface area (Å²) in [7, 11) is 3.03. The van der Waals surface area contributed by atoms with Crippen LogP contribution in [0.15, 0.2) is 79.3 Å². The minimum atomic E-state index is -0.285. The van der Waals surface area contributed by atoms with Crippen molar-refractivity contribution in [3.8, 4) is 11.6 Å². The maximum Gasteiger partial charge on any atom is 0.250 e. The fraction of sp³-hybridized carbons (Fsp3) is 0.214. The van der Waals surface area contributed by atoms with Crippen molar-refractivity contribution in [1.29, 1.82) is 0 Å². The van der Waals surface area contributed by atoms with E-state index in [0.717, 1.165) is 28.5 Å². The van der Waals surface area contributed by atoms with Gasteiger partial charge < -0.3 is 29.6 Å². The number of aromatic nitrogens is 3. The molecule has 1 aliphatic heterocycles. The lowest BCUT2D eigenvalue weighted by Crippen LogP contribution is -2.30. The average molecular weight is 529 g/mol. The van der Waals surface area contributed by atoms with Gasteiger partial charge in [-0.15, -0.1) is 0 Å². The molecule has 9 nitrogen and oxygen atoms in total. The van der Waals surface area contributed by atoms with Gasteiger partial charge in [0.05, 0.1) is 24.5 Å². The topological polar surface area (TPSA) is 93.5 Å². The molecule has 4 aromatic rings. The lowest BCUT2D eigenvalue weighted by atomic mass is 10.0. The Morgan fingerprint density at radius 1 is 1.11 bits per heavy atom. The van der Waals surface area contributed by atoms with Crippen molar-refractivity contribution in [3.05, 3.63) is 96.2 Å². The van der Waals surface area contributed by atoms with E-state index in [1.165, 1.54) is 7.11 Å². The first-order chi connectivity index (χ1) is 18.5. The largest absolute Gasteiger partial charge is 0.495 e. The number of hydrogen-bond donors (Lipinski definition) is 2. The van der Waals surface area contributed by atoms with Crippen LogP contribution in [0.2, 0.25) is 0 Å². The van der Waals surface area contributed by atoms with Crippen LogP contribution in [-0.4, -0.2) is 46.4 Å². The fourth-order valence-corrected chi connectivity index (χ4v) is 4.99. The Morgan fingerprint density at radius 3 is 2.68 bits per heavy atom. The molecule has 194 valence electrons. The highest BCUT2D eigenvalue weighted by molar-refractivity contribution is 7.80. The third kappa shape index (κ3) is 4.96. The second kappa shape index (κ2) is 11.0. The Labute approximate surface area is 226 Å². The summed E-state index contributed by atoms with van der Waals surface area (Å²) < 4.78 is 12.5. The summed E-state index contributed by atoms with van der Waals surface area (Å²) in [6.07, 6.45) is 5.62. The van der Waals surface area contributed by atoms with Crippen LogP contribution in [0, 0.1) is 6.92 Å². The molecule has 0 aliphatic carbocycles. The molecule has 3 aromatic heterocycles. The van der Waals surface area contributed by atoms with Gasteiger partial charge in [0.2, 0.25) is 5.91 Å². The van der Waals surface area contributed by atoms with Crippen LogP contribution >= 0.6 is 12.2 Å². The molecule has 1 aromatic carbocycles. The van der Waals surface area contributed by atoms with Crippen LogP contribution in [0.3, 0.4) is 0 Å². The summed E-state index contributed by atoms with van der Waals surface area (Å²) in [5.41, 5.74) is 4.22. The molecule has 0 spiro atoms. The van der Waals surface area contributed by atoms with Crippen LogP contribution < -0.4 is 20.3 Å². The van der Waals surface area contributed by atoms with E-state index < -0.39 is 0 Å². The summed E-state index contributed by atoms with van der Waals surface area (Å²) in [4.78, 5) is 23.7. The normalized spacial score (nSPS) is 16.8.